The molecule has 0 bridgehead atoms. The van der Waals surface area contributed by atoms with Gasteiger partial charge in [0, 0.05) is 25.6 Å². The fourth-order valence-electron chi connectivity index (χ4n) is 3.92. The normalized spacial score (nSPS) is 21.5. The second kappa shape index (κ2) is 10.3. The third-order valence-corrected chi connectivity index (χ3v) is 5.64. The lowest BCUT2D eigenvalue weighted by Gasteiger charge is -2.45. The molecule has 1 heterocycles. The van der Waals surface area contributed by atoms with Crippen LogP contribution in [0.25, 0.3) is 0 Å². The van der Waals surface area contributed by atoms with Gasteiger partial charge < -0.3 is 19.6 Å². The number of halogens is 5. The lowest BCUT2D eigenvalue weighted by atomic mass is 9.68. The molecule has 1 aromatic carbocycles. The van der Waals surface area contributed by atoms with Crippen LogP contribution in [0.3, 0.4) is 0 Å². The zero-order valence-electron chi connectivity index (χ0n) is 16.0. The van der Waals surface area contributed by atoms with Gasteiger partial charge >= 0.3 is 6.36 Å². The molecule has 162 valence electrons. The number of likely N-dealkylation sites (N-methyl/N-ethyl adjacent to an activating group) is 1. The Kier molecular flexibility index (Phi) is 9.35. The largest absolute Gasteiger partial charge is 0.573 e. The van der Waals surface area contributed by atoms with Gasteiger partial charge in [-0.05, 0) is 63.5 Å². The molecule has 3 rings (SSSR count). The van der Waals surface area contributed by atoms with Gasteiger partial charge in [-0.15, -0.1) is 38.0 Å². The number of aliphatic hydroxyl groups is 1. The summed E-state index contributed by atoms with van der Waals surface area (Å²) in [7, 11) is 2.11. The molecule has 9 heteroatoms. The predicted octanol–water partition coefficient (Wildman–Crippen LogP) is 4.06. The summed E-state index contributed by atoms with van der Waals surface area (Å²) in [5, 5.41) is 11.0. The van der Waals surface area contributed by atoms with Gasteiger partial charge in [0.25, 0.3) is 0 Å². The van der Waals surface area contributed by atoms with Crippen molar-refractivity contribution in [2.75, 3.05) is 39.8 Å². The highest BCUT2D eigenvalue weighted by atomic mass is 35.5. The number of alkyl halides is 3. The highest BCUT2D eigenvalue weighted by molar-refractivity contribution is 5.85. The highest BCUT2D eigenvalue weighted by Gasteiger charge is 2.43. The second-order valence-corrected chi connectivity index (χ2v) is 7.58. The summed E-state index contributed by atoms with van der Waals surface area (Å²) in [4.78, 5) is 4.67. The zero-order chi connectivity index (χ0) is 18.8. The predicted molar refractivity (Wildman–Crippen MR) is 108 cm³/mol. The van der Waals surface area contributed by atoms with Crippen LogP contribution < -0.4 is 4.74 Å². The Morgan fingerprint density at radius 1 is 1.04 bits per heavy atom. The van der Waals surface area contributed by atoms with E-state index in [0.29, 0.717) is 0 Å². The first-order valence-electron chi connectivity index (χ1n) is 9.24. The fourth-order valence-corrected chi connectivity index (χ4v) is 3.92. The van der Waals surface area contributed by atoms with E-state index < -0.39 is 12.0 Å². The number of nitrogens with zero attached hydrogens (tertiary/aromatic N) is 2. The van der Waals surface area contributed by atoms with Crippen molar-refractivity contribution in [3.05, 3.63) is 29.8 Å². The van der Waals surface area contributed by atoms with E-state index in [-0.39, 0.29) is 36.5 Å². The van der Waals surface area contributed by atoms with Gasteiger partial charge in [-0.2, -0.15) is 0 Å². The van der Waals surface area contributed by atoms with E-state index in [1.807, 2.05) is 0 Å². The van der Waals surface area contributed by atoms with Crippen LogP contribution >= 0.6 is 24.8 Å². The average Bonchev–Trinajstić information content (AvgIpc) is 2.74. The van der Waals surface area contributed by atoms with E-state index in [0.717, 1.165) is 64.0 Å². The fraction of sp³-hybridized carbons (Fsp3) is 0.684. The van der Waals surface area contributed by atoms with Crippen molar-refractivity contribution in [2.45, 2.75) is 43.6 Å². The molecule has 0 aromatic heterocycles. The Bertz CT molecular complexity index is 598. The molecular weight excluding hydrogens is 416 g/mol. The summed E-state index contributed by atoms with van der Waals surface area (Å²) in [5.74, 6) is -0.323. The molecule has 1 aromatic rings. The van der Waals surface area contributed by atoms with Crippen molar-refractivity contribution in [2.24, 2.45) is 0 Å². The Balaban J connectivity index is 0.00000196. The minimum atomic E-state index is -4.69. The van der Waals surface area contributed by atoms with Gasteiger partial charge in [0.05, 0.1) is 5.60 Å². The van der Waals surface area contributed by atoms with Gasteiger partial charge in [0.1, 0.15) is 5.75 Å². The van der Waals surface area contributed by atoms with Crippen molar-refractivity contribution >= 4 is 24.8 Å². The highest BCUT2D eigenvalue weighted by Crippen LogP contribution is 2.44. The van der Waals surface area contributed by atoms with E-state index in [2.05, 4.69) is 21.6 Å². The van der Waals surface area contributed by atoms with Crippen LogP contribution in [0.5, 0.6) is 5.75 Å². The number of hydrogen-bond acceptors (Lipinski definition) is 4. The summed E-state index contributed by atoms with van der Waals surface area (Å²) in [6.07, 6.45) is -1.13. The Hall–Kier alpha value is -0.730. The minimum Gasteiger partial charge on any atom is -0.406 e. The topological polar surface area (TPSA) is 35.9 Å². The maximum Gasteiger partial charge on any atom is 0.573 e. The molecule has 1 N–H and O–H groups in total. The van der Waals surface area contributed by atoms with Gasteiger partial charge in [-0.1, -0.05) is 12.1 Å². The van der Waals surface area contributed by atoms with E-state index in [1.54, 1.807) is 12.1 Å². The molecule has 1 unspecified atom stereocenters. The van der Waals surface area contributed by atoms with Crippen molar-refractivity contribution in [1.29, 1.82) is 0 Å². The molecule has 0 amide bonds. The van der Waals surface area contributed by atoms with Crippen molar-refractivity contribution < 1.29 is 23.0 Å². The second-order valence-electron chi connectivity index (χ2n) is 7.58. The third kappa shape index (κ3) is 6.66. The van der Waals surface area contributed by atoms with E-state index in [1.165, 1.54) is 12.1 Å². The number of hydrogen-bond donors (Lipinski definition) is 1. The van der Waals surface area contributed by atoms with Gasteiger partial charge in [-0.25, -0.2) is 0 Å². The SMILES string of the molecule is CN1CCCN(CC(c2ccc(OC(F)(F)F)cc2)C2(O)CCC2)CC1.Cl.Cl. The molecule has 1 aliphatic carbocycles. The lowest BCUT2D eigenvalue weighted by molar-refractivity contribution is -0.274. The van der Waals surface area contributed by atoms with Crippen LogP contribution in [0.2, 0.25) is 0 Å². The zero-order valence-corrected chi connectivity index (χ0v) is 17.6. The molecule has 0 radical (unpaired) electrons. The Morgan fingerprint density at radius 2 is 1.68 bits per heavy atom. The summed E-state index contributed by atoms with van der Waals surface area (Å²) in [6.45, 7) is 4.70. The standard InChI is InChI=1S/C19H27F3N2O2.2ClH/c1-23-10-3-11-24(13-12-23)14-17(18(25)8-2-9-18)15-4-6-16(7-5-15)26-19(20,21)22;;/h4-7,17,25H,2-3,8-14H2,1H3;2*1H. The number of rotatable bonds is 5. The van der Waals surface area contributed by atoms with E-state index >= 15 is 0 Å². The van der Waals surface area contributed by atoms with Crippen molar-refractivity contribution in [1.82, 2.24) is 9.80 Å². The van der Waals surface area contributed by atoms with Gasteiger partial charge in [-0.3, -0.25) is 0 Å². The van der Waals surface area contributed by atoms with Gasteiger partial charge in [0.2, 0.25) is 0 Å². The molecule has 2 fully saturated rings. The maximum atomic E-state index is 12.4. The monoisotopic (exact) mass is 444 g/mol. The lowest BCUT2D eigenvalue weighted by Crippen LogP contribution is -2.48. The molecule has 1 aliphatic heterocycles. The maximum absolute atomic E-state index is 12.4. The van der Waals surface area contributed by atoms with E-state index in [9.17, 15) is 18.3 Å². The average molecular weight is 445 g/mol. The smallest absolute Gasteiger partial charge is 0.406 e. The molecule has 1 saturated heterocycles. The first-order valence-corrected chi connectivity index (χ1v) is 9.24. The summed E-state index contributed by atoms with van der Waals surface area (Å²) >= 11 is 0. The minimum absolute atomic E-state index is 0. The molecular formula is C19H29Cl2F3N2O2. The van der Waals surface area contributed by atoms with Crippen LogP contribution in [0.15, 0.2) is 24.3 Å². The summed E-state index contributed by atoms with van der Waals surface area (Å²) < 4.78 is 41.0. The molecule has 0 spiro atoms. The quantitative estimate of drug-likeness (QED) is 0.742. The third-order valence-electron chi connectivity index (χ3n) is 5.64. The van der Waals surface area contributed by atoms with Crippen LogP contribution in [0, 0.1) is 0 Å². The van der Waals surface area contributed by atoms with E-state index in [4.69, 9.17) is 0 Å². The Morgan fingerprint density at radius 3 is 2.21 bits per heavy atom. The molecule has 2 aliphatic rings. The first-order chi connectivity index (χ1) is 12.3. The molecule has 28 heavy (non-hydrogen) atoms. The van der Waals surface area contributed by atoms with Crippen molar-refractivity contribution in [3.63, 3.8) is 0 Å². The van der Waals surface area contributed by atoms with Crippen LogP contribution in [0.1, 0.15) is 37.2 Å². The van der Waals surface area contributed by atoms with Crippen LogP contribution in [-0.2, 0) is 0 Å². The Labute approximate surface area is 176 Å². The number of ether oxygens (including phenoxy) is 1. The van der Waals surface area contributed by atoms with Crippen LogP contribution in [-0.4, -0.2) is 66.6 Å². The summed E-state index contributed by atoms with van der Waals surface area (Å²) in [5.41, 5.74) is 0.115. The van der Waals surface area contributed by atoms with Crippen LogP contribution in [0.4, 0.5) is 13.2 Å². The van der Waals surface area contributed by atoms with Gasteiger partial charge in [0.15, 0.2) is 0 Å². The summed E-state index contributed by atoms with van der Waals surface area (Å²) in [6, 6.07) is 6.00. The number of benzene rings is 1. The molecule has 4 nitrogen and oxygen atoms in total. The molecule has 1 atom stereocenters. The first kappa shape index (κ1) is 25.3. The van der Waals surface area contributed by atoms with Crippen molar-refractivity contribution in [3.8, 4) is 5.75 Å². The molecule has 1 saturated carbocycles.